The summed E-state index contributed by atoms with van der Waals surface area (Å²) in [4.78, 5) is 36.7. The zero-order valence-electron chi connectivity index (χ0n) is 15.3. The molecule has 8 nitrogen and oxygen atoms in total. The molecule has 8 heteroatoms. The molecule has 0 radical (unpaired) electrons. The number of carbonyl (C=O) groups excluding carboxylic acids is 2. The molecule has 0 atom stereocenters. The first kappa shape index (κ1) is 17.7. The smallest absolute Gasteiger partial charge is 0.325 e. The highest BCUT2D eigenvalue weighted by molar-refractivity contribution is 6.00. The third kappa shape index (κ3) is 3.44. The molecule has 1 aliphatic heterocycles. The van der Waals surface area contributed by atoms with Gasteiger partial charge in [0.25, 0.3) is 0 Å². The first-order chi connectivity index (χ1) is 13.7. The van der Waals surface area contributed by atoms with Crippen LogP contribution in [-0.4, -0.2) is 53.6 Å². The number of fused-ring (bicyclic) bond motifs is 1. The van der Waals surface area contributed by atoms with Crippen molar-refractivity contribution in [3.8, 4) is 5.75 Å². The van der Waals surface area contributed by atoms with Crippen molar-refractivity contribution in [3.05, 3.63) is 54.9 Å². The number of aromatic nitrogens is 2. The molecule has 0 saturated carbocycles. The topological polar surface area (TPSA) is 87.7 Å². The fourth-order valence-corrected chi connectivity index (χ4v) is 3.22. The van der Waals surface area contributed by atoms with Crippen LogP contribution in [0.25, 0.3) is 11.0 Å². The van der Waals surface area contributed by atoms with E-state index in [1.54, 1.807) is 48.7 Å². The van der Waals surface area contributed by atoms with Crippen LogP contribution in [0, 0.1) is 0 Å². The summed E-state index contributed by atoms with van der Waals surface area (Å²) >= 11 is 0. The fraction of sp³-hybridized carbons (Fsp3) is 0.200. The Morgan fingerprint density at radius 1 is 1.11 bits per heavy atom. The lowest BCUT2D eigenvalue weighted by Crippen LogP contribution is -2.37. The van der Waals surface area contributed by atoms with Gasteiger partial charge in [0.2, 0.25) is 5.91 Å². The van der Waals surface area contributed by atoms with E-state index in [1.165, 1.54) is 4.90 Å². The van der Waals surface area contributed by atoms with Crippen molar-refractivity contribution in [2.24, 2.45) is 0 Å². The molecule has 1 aliphatic rings. The van der Waals surface area contributed by atoms with Crippen LogP contribution in [0.4, 0.5) is 16.2 Å². The number of urea groups is 1. The maximum Gasteiger partial charge on any atom is 0.325 e. The van der Waals surface area contributed by atoms with Gasteiger partial charge >= 0.3 is 6.03 Å². The van der Waals surface area contributed by atoms with Gasteiger partial charge in [-0.2, -0.15) is 0 Å². The van der Waals surface area contributed by atoms with Gasteiger partial charge in [0.1, 0.15) is 12.3 Å². The summed E-state index contributed by atoms with van der Waals surface area (Å²) < 4.78 is 5.33. The predicted molar refractivity (Wildman–Crippen MR) is 105 cm³/mol. The number of hydrogen-bond acceptors (Lipinski definition) is 5. The number of rotatable bonds is 5. The average Bonchev–Trinajstić information content (AvgIpc) is 3.07. The van der Waals surface area contributed by atoms with Gasteiger partial charge in [-0.25, -0.2) is 4.79 Å². The van der Waals surface area contributed by atoms with E-state index in [9.17, 15) is 9.59 Å². The fourth-order valence-electron chi connectivity index (χ4n) is 3.22. The van der Waals surface area contributed by atoms with Crippen LogP contribution in [0.1, 0.15) is 0 Å². The van der Waals surface area contributed by atoms with Crippen LogP contribution in [0.3, 0.4) is 0 Å². The highest BCUT2D eigenvalue weighted by Crippen LogP contribution is 2.30. The van der Waals surface area contributed by atoms with Crippen molar-refractivity contribution in [1.82, 2.24) is 14.9 Å². The SMILES string of the molecule is COc1ccccc1N1CCN(CC(=O)Nc2ccc3nccnc3c2)C1=O. The van der Waals surface area contributed by atoms with Crippen LogP contribution >= 0.6 is 0 Å². The lowest BCUT2D eigenvalue weighted by atomic mass is 10.2. The minimum atomic E-state index is -0.265. The number of methoxy groups -OCH3 is 1. The summed E-state index contributed by atoms with van der Waals surface area (Å²) in [7, 11) is 1.57. The summed E-state index contributed by atoms with van der Waals surface area (Å²) in [6.07, 6.45) is 3.22. The molecule has 1 N–H and O–H groups in total. The van der Waals surface area contributed by atoms with Crippen LogP contribution in [0.15, 0.2) is 54.9 Å². The van der Waals surface area contributed by atoms with E-state index in [0.717, 1.165) is 5.52 Å². The van der Waals surface area contributed by atoms with E-state index < -0.39 is 0 Å². The molecule has 142 valence electrons. The van der Waals surface area contributed by atoms with E-state index in [-0.39, 0.29) is 18.5 Å². The van der Waals surface area contributed by atoms with Crippen molar-refractivity contribution in [2.75, 3.05) is 37.0 Å². The number of anilines is 2. The van der Waals surface area contributed by atoms with E-state index in [2.05, 4.69) is 15.3 Å². The zero-order chi connectivity index (χ0) is 19.5. The Morgan fingerprint density at radius 2 is 1.89 bits per heavy atom. The number of carbonyl (C=O) groups is 2. The number of nitrogens with one attached hydrogen (secondary N) is 1. The molecule has 2 heterocycles. The van der Waals surface area contributed by atoms with Gasteiger partial charge in [0.05, 0.1) is 23.8 Å². The van der Waals surface area contributed by atoms with Gasteiger partial charge in [-0.3, -0.25) is 19.7 Å². The molecule has 0 bridgehead atoms. The average molecular weight is 377 g/mol. The Balaban J connectivity index is 1.42. The summed E-state index contributed by atoms with van der Waals surface area (Å²) in [6.45, 7) is 0.939. The Labute approximate surface area is 161 Å². The lowest BCUT2D eigenvalue weighted by molar-refractivity contribution is -0.116. The highest BCUT2D eigenvalue weighted by atomic mass is 16.5. The maximum absolute atomic E-state index is 12.7. The molecule has 1 saturated heterocycles. The molecule has 1 aromatic heterocycles. The number of para-hydroxylation sites is 2. The molecule has 2 aromatic carbocycles. The summed E-state index contributed by atoms with van der Waals surface area (Å²) in [5.41, 5.74) is 2.76. The Morgan fingerprint density at radius 3 is 2.71 bits per heavy atom. The summed E-state index contributed by atoms with van der Waals surface area (Å²) in [5.74, 6) is 0.359. The van der Waals surface area contributed by atoms with E-state index in [4.69, 9.17) is 4.74 Å². The summed E-state index contributed by atoms with van der Waals surface area (Å²) in [6, 6.07) is 12.4. The maximum atomic E-state index is 12.7. The highest BCUT2D eigenvalue weighted by Gasteiger charge is 2.32. The monoisotopic (exact) mass is 377 g/mol. The van der Waals surface area contributed by atoms with Crippen LogP contribution < -0.4 is 15.0 Å². The molecule has 3 amide bonds. The van der Waals surface area contributed by atoms with Gasteiger partial charge in [-0.15, -0.1) is 0 Å². The molecule has 3 aromatic rings. The molecular formula is C20H19N5O3. The number of benzene rings is 2. The molecule has 1 fully saturated rings. The molecule has 0 spiro atoms. The number of amides is 3. The second-order valence-electron chi connectivity index (χ2n) is 6.34. The Bertz CT molecular complexity index is 1040. The molecular weight excluding hydrogens is 358 g/mol. The third-order valence-electron chi connectivity index (χ3n) is 4.56. The summed E-state index contributed by atoms with van der Waals surface area (Å²) in [5, 5.41) is 2.81. The van der Waals surface area contributed by atoms with Crippen LogP contribution in [0.5, 0.6) is 5.75 Å². The molecule has 0 aliphatic carbocycles. The first-order valence-electron chi connectivity index (χ1n) is 8.86. The van der Waals surface area contributed by atoms with Gasteiger partial charge in [-0.05, 0) is 30.3 Å². The minimum Gasteiger partial charge on any atom is -0.495 e. The zero-order valence-corrected chi connectivity index (χ0v) is 15.3. The van der Waals surface area contributed by atoms with Crippen molar-refractivity contribution in [3.63, 3.8) is 0 Å². The van der Waals surface area contributed by atoms with Crippen LogP contribution in [0.2, 0.25) is 0 Å². The Kier molecular flexibility index (Phi) is 4.76. The second kappa shape index (κ2) is 7.51. The third-order valence-corrected chi connectivity index (χ3v) is 4.56. The van der Waals surface area contributed by atoms with Crippen LogP contribution in [-0.2, 0) is 4.79 Å². The normalized spacial score (nSPS) is 13.8. The van der Waals surface area contributed by atoms with Gasteiger partial charge in [-0.1, -0.05) is 12.1 Å². The van der Waals surface area contributed by atoms with Gasteiger partial charge < -0.3 is 15.0 Å². The van der Waals surface area contributed by atoms with Gasteiger partial charge in [0, 0.05) is 31.2 Å². The van der Waals surface area contributed by atoms with Crippen molar-refractivity contribution < 1.29 is 14.3 Å². The Hall–Kier alpha value is -3.68. The standard InChI is InChI=1S/C20H19N5O3/c1-28-18-5-3-2-4-17(18)25-11-10-24(20(25)27)13-19(26)23-14-6-7-15-16(12-14)22-9-8-21-15/h2-9,12H,10-11,13H2,1H3,(H,23,26). The number of hydrogen-bond donors (Lipinski definition) is 1. The van der Waals surface area contributed by atoms with E-state index in [1.807, 2.05) is 18.2 Å². The first-order valence-corrected chi connectivity index (χ1v) is 8.86. The van der Waals surface area contributed by atoms with Crippen molar-refractivity contribution in [1.29, 1.82) is 0 Å². The largest absolute Gasteiger partial charge is 0.495 e. The molecule has 0 unspecified atom stereocenters. The quantitative estimate of drug-likeness (QED) is 0.738. The second-order valence-corrected chi connectivity index (χ2v) is 6.34. The van der Waals surface area contributed by atoms with Gasteiger partial charge in [0.15, 0.2) is 0 Å². The van der Waals surface area contributed by atoms with Crippen molar-refractivity contribution in [2.45, 2.75) is 0 Å². The number of ether oxygens (including phenoxy) is 1. The van der Waals surface area contributed by atoms with Crippen molar-refractivity contribution >= 4 is 34.3 Å². The number of nitrogens with zero attached hydrogens (tertiary/aromatic N) is 4. The lowest BCUT2D eigenvalue weighted by Gasteiger charge is -2.20. The predicted octanol–water partition coefficient (Wildman–Crippen LogP) is 2.52. The minimum absolute atomic E-state index is 0.0248. The molecule has 28 heavy (non-hydrogen) atoms. The molecule has 4 rings (SSSR count). The van der Waals surface area contributed by atoms with E-state index in [0.29, 0.717) is 35.7 Å². The van der Waals surface area contributed by atoms with E-state index >= 15 is 0 Å².